The lowest BCUT2D eigenvalue weighted by atomic mass is 9.86. The molecule has 2 aromatic rings. The molecule has 5 rings (SSSR count). The molecule has 2 fully saturated rings. The van der Waals surface area contributed by atoms with E-state index in [1.54, 1.807) is 18.2 Å². The maximum Gasteiger partial charge on any atom is 0.255 e. The van der Waals surface area contributed by atoms with E-state index in [0.717, 1.165) is 24.0 Å². The number of imide groups is 1. The van der Waals surface area contributed by atoms with Crippen molar-refractivity contribution < 1.29 is 19.2 Å². The molecule has 0 saturated carbocycles. The number of nitrogens with one attached hydrogen (secondary N) is 1. The van der Waals surface area contributed by atoms with Crippen LogP contribution in [0.15, 0.2) is 42.5 Å². The highest BCUT2D eigenvalue weighted by Crippen LogP contribution is 2.32. The van der Waals surface area contributed by atoms with Gasteiger partial charge in [0, 0.05) is 43.7 Å². The fourth-order valence-corrected chi connectivity index (χ4v) is 5.40. The maximum absolute atomic E-state index is 13.2. The van der Waals surface area contributed by atoms with Crippen LogP contribution in [0, 0.1) is 0 Å². The number of nitrogens with zero attached hydrogens (tertiary/aromatic N) is 2. The normalized spacial score (nSPS) is 20.4. The predicted octanol–water partition coefficient (Wildman–Crippen LogP) is 2.35. The van der Waals surface area contributed by atoms with Gasteiger partial charge < -0.3 is 15.5 Å². The first kappa shape index (κ1) is 24.9. The fourth-order valence-electron chi connectivity index (χ4n) is 5.40. The summed E-state index contributed by atoms with van der Waals surface area (Å²) in [5.74, 6) is -0.631. The molecule has 3 N–H and O–H groups in total. The van der Waals surface area contributed by atoms with E-state index in [0.29, 0.717) is 43.1 Å². The molecule has 3 aliphatic heterocycles. The lowest BCUT2D eigenvalue weighted by molar-refractivity contribution is -0.136. The Hall–Kier alpha value is -3.23. The fraction of sp³-hybridized carbons (Fsp3) is 0.385. The number of fused-ring (bicyclic) bond motifs is 1. The number of nitrogens with two attached hydrogens (primary N) is 1. The van der Waals surface area contributed by atoms with Crippen molar-refractivity contribution in [1.29, 1.82) is 0 Å². The highest BCUT2D eigenvalue weighted by atomic mass is 35.5. The maximum atomic E-state index is 13.2. The molecule has 8 nitrogen and oxygen atoms in total. The minimum atomic E-state index is -0.660. The Morgan fingerprint density at radius 1 is 1.03 bits per heavy atom. The number of hydrogen-bond donors (Lipinski definition) is 2. The second kappa shape index (κ2) is 10.2. The van der Waals surface area contributed by atoms with Crippen molar-refractivity contribution in [3.63, 3.8) is 0 Å². The average Bonchev–Trinajstić information content (AvgIpc) is 3.19. The molecule has 3 heterocycles. The molecular weight excluding hydrogens is 468 g/mol. The quantitative estimate of drug-likeness (QED) is 0.631. The van der Waals surface area contributed by atoms with Crippen LogP contribution in [-0.2, 0) is 22.7 Å². The standard InChI is InChI=1S/C26H28N4O4.ClH/c27-14-18-3-1-2-4-20(18)16-9-11-29(12-10-16)25(33)17-5-6-21-19(13-17)15-30(26(21)34)22-7-8-23(31)28-24(22)32;/h1-6,13,16,22H,7-12,14-15,27H2,(H,28,31,32);1H. The summed E-state index contributed by atoms with van der Waals surface area (Å²) in [4.78, 5) is 53.2. The van der Waals surface area contributed by atoms with Gasteiger partial charge in [-0.3, -0.25) is 24.5 Å². The zero-order chi connectivity index (χ0) is 23.8. The molecule has 2 saturated heterocycles. The number of carbonyl (C=O) groups excluding carboxylic acids is 4. The minimum Gasteiger partial charge on any atom is -0.339 e. The van der Waals surface area contributed by atoms with Crippen molar-refractivity contribution in [2.24, 2.45) is 5.73 Å². The summed E-state index contributed by atoms with van der Waals surface area (Å²) in [5, 5.41) is 2.31. The second-order valence-electron chi connectivity index (χ2n) is 9.24. The lowest BCUT2D eigenvalue weighted by Gasteiger charge is -2.33. The molecule has 2 aromatic carbocycles. The summed E-state index contributed by atoms with van der Waals surface area (Å²) >= 11 is 0. The van der Waals surface area contributed by atoms with Gasteiger partial charge in [0.25, 0.3) is 11.8 Å². The smallest absolute Gasteiger partial charge is 0.255 e. The Labute approximate surface area is 210 Å². The molecular formula is C26H29ClN4O4. The van der Waals surface area contributed by atoms with Crippen LogP contribution in [-0.4, -0.2) is 52.6 Å². The van der Waals surface area contributed by atoms with Crippen molar-refractivity contribution in [2.45, 2.75) is 50.7 Å². The Bertz CT molecular complexity index is 1180. The first-order valence-electron chi connectivity index (χ1n) is 11.8. The molecule has 0 aromatic heterocycles. The van der Waals surface area contributed by atoms with Crippen LogP contribution >= 0.6 is 12.4 Å². The van der Waals surface area contributed by atoms with Crippen molar-refractivity contribution >= 4 is 36.0 Å². The summed E-state index contributed by atoms with van der Waals surface area (Å²) < 4.78 is 0. The first-order valence-corrected chi connectivity index (χ1v) is 11.8. The molecule has 35 heavy (non-hydrogen) atoms. The molecule has 184 valence electrons. The summed E-state index contributed by atoms with van der Waals surface area (Å²) in [6, 6.07) is 12.7. The Kier molecular flexibility index (Phi) is 7.23. The van der Waals surface area contributed by atoms with E-state index >= 15 is 0 Å². The van der Waals surface area contributed by atoms with E-state index in [1.165, 1.54) is 10.5 Å². The van der Waals surface area contributed by atoms with Gasteiger partial charge in [-0.05, 0) is 60.1 Å². The minimum absolute atomic E-state index is 0. The largest absolute Gasteiger partial charge is 0.339 e. The summed E-state index contributed by atoms with van der Waals surface area (Å²) in [5.41, 5.74) is 10.2. The molecule has 4 amide bonds. The van der Waals surface area contributed by atoms with E-state index in [9.17, 15) is 19.2 Å². The van der Waals surface area contributed by atoms with Crippen LogP contribution in [0.5, 0.6) is 0 Å². The second-order valence-corrected chi connectivity index (χ2v) is 9.24. The van der Waals surface area contributed by atoms with Gasteiger partial charge in [0.15, 0.2) is 0 Å². The average molecular weight is 497 g/mol. The number of halogens is 1. The van der Waals surface area contributed by atoms with Gasteiger partial charge in [-0.1, -0.05) is 24.3 Å². The zero-order valence-corrected chi connectivity index (χ0v) is 20.2. The zero-order valence-electron chi connectivity index (χ0n) is 19.4. The van der Waals surface area contributed by atoms with E-state index in [-0.39, 0.29) is 43.1 Å². The number of amides is 4. The number of likely N-dealkylation sites (tertiary alicyclic amines) is 1. The van der Waals surface area contributed by atoms with Gasteiger partial charge in [0.1, 0.15) is 6.04 Å². The van der Waals surface area contributed by atoms with Gasteiger partial charge in [0.05, 0.1) is 0 Å². The Morgan fingerprint density at radius 3 is 2.49 bits per heavy atom. The van der Waals surface area contributed by atoms with E-state index in [4.69, 9.17) is 5.73 Å². The van der Waals surface area contributed by atoms with Crippen molar-refractivity contribution in [3.8, 4) is 0 Å². The topological polar surface area (TPSA) is 113 Å². The molecule has 0 radical (unpaired) electrons. The van der Waals surface area contributed by atoms with Crippen molar-refractivity contribution in [1.82, 2.24) is 15.1 Å². The van der Waals surface area contributed by atoms with E-state index in [1.807, 2.05) is 17.0 Å². The van der Waals surface area contributed by atoms with Gasteiger partial charge in [-0.15, -0.1) is 12.4 Å². The van der Waals surface area contributed by atoms with Crippen LogP contribution in [0.25, 0.3) is 0 Å². The first-order chi connectivity index (χ1) is 16.5. The lowest BCUT2D eigenvalue weighted by Crippen LogP contribution is -2.52. The number of piperidine rings is 2. The van der Waals surface area contributed by atoms with Crippen LogP contribution in [0.2, 0.25) is 0 Å². The molecule has 3 aliphatic rings. The van der Waals surface area contributed by atoms with E-state index < -0.39 is 11.9 Å². The van der Waals surface area contributed by atoms with Crippen molar-refractivity contribution in [3.05, 3.63) is 70.3 Å². The number of benzene rings is 2. The van der Waals surface area contributed by atoms with E-state index in [2.05, 4.69) is 17.4 Å². The highest BCUT2D eigenvalue weighted by Gasteiger charge is 2.39. The third-order valence-electron chi connectivity index (χ3n) is 7.27. The molecule has 0 bridgehead atoms. The van der Waals surface area contributed by atoms with Crippen LogP contribution in [0.3, 0.4) is 0 Å². The highest BCUT2D eigenvalue weighted by molar-refractivity contribution is 6.06. The molecule has 0 aliphatic carbocycles. The van der Waals surface area contributed by atoms with Gasteiger partial charge in [0.2, 0.25) is 11.8 Å². The van der Waals surface area contributed by atoms with Crippen LogP contribution < -0.4 is 11.1 Å². The molecule has 0 spiro atoms. The van der Waals surface area contributed by atoms with Crippen molar-refractivity contribution in [2.75, 3.05) is 13.1 Å². The Balaban J connectivity index is 0.00000289. The summed E-state index contributed by atoms with van der Waals surface area (Å²) in [6.45, 7) is 2.11. The predicted molar refractivity (Wildman–Crippen MR) is 132 cm³/mol. The van der Waals surface area contributed by atoms with Gasteiger partial charge in [-0.25, -0.2) is 0 Å². The molecule has 1 atom stereocenters. The Morgan fingerprint density at radius 2 is 1.77 bits per heavy atom. The number of rotatable bonds is 4. The summed E-state index contributed by atoms with van der Waals surface area (Å²) in [6.07, 6.45) is 2.30. The van der Waals surface area contributed by atoms with Crippen LogP contribution in [0.1, 0.15) is 69.0 Å². The third kappa shape index (κ3) is 4.68. The SMILES string of the molecule is Cl.NCc1ccccc1C1CCN(C(=O)c2ccc3c(c2)CN(C2CCC(=O)NC2=O)C3=O)CC1. The molecule has 9 heteroatoms. The number of carbonyl (C=O) groups is 4. The summed E-state index contributed by atoms with van der Waals surface area (Å²) in [7, 11) is 0. The van der Waals surface area contributed by atoms with Gasteiger partial charge in [-0.2, -0.15) is 0 Å². The number of hydrogen-bond acceptors (Lipinski definition) is 5. The van der Waals surface area contributed by atoms with Gasteiger partial charge >= 0.3 is 0 Å². The third-order valence-corrected chi connectivity index (χ3v) is 7.27. The van der Waals surface area contributed by atoms with Crippen LogP contribution in [0.4, 0.5) is 0 Å². The monoisotopic (exact) mass is 496 g/mol. The molecule has 1 unspecified atom stereocenters.